The van der Waals surface area contributed by atoms with E-state index in [1.165, 1.54) is 28.6 Å². The van der Waals surface area contributed by atoms with Crippen molar-refractivity contribution in [3.63, 3.8) is 0 Å². The summed E-state index contributed by atoms with van der Waals surface area (Å²) in [5, 5.41) is 2.57. The van der Waals surface area contributed by atoms with Crippen LogP contribution >= 0.6 is 0 Å². The summed E-state index contributed by atoms with van der Waals surface area (Å²) in [6, 6.07) is 8.72. The molecular formula is C21H24F2N2O3S. The molecule has 3 rings (SSSR count). The van der Waals surface area contributed by atoms with E-state index in [1.54, 1.807) is 7.05 Å². The van der Waals surface area contributed by atoms with E-state index in [1.807, 2.05) is 0 Å². The number of hydrogen-bond donors (Lipinski definition) is 1. The zero-order valence-electron chi connectivity index (χ0n) is 16.2. The topological polar surface area (TPSA) is 66.5 Å². The van der Waals surface area contributed by atoms with Gasteiger partial charge in [0, 0.05) is 31.3 Å². The molecule has 29 heavy (non-hydrogen) atoms. The Morgan fingerprint density at radius 3 is 2.21 bits per heavy atom. The summed E-state index contributed by atoms with van der Waals surface area (Å²) in [6.45, 7) is -0.0437. The van der Waals surface area contributed by atoms with Crippen LogP contribution in [0.5, 0.6) is 0 Å². The first-order valence-electron chi connectivity index (χ1n) is 9.58. The zero-order valence-corrected chi connectivity index (χ0v) is 17.0. The van der Waals surface area contributed by atoms with Gasteiger partial charge in [0.2, 0.25) is 10.0 Å². The van der Waals surface area contributed by atoms with Gasteiger partial charge >= 0.3 is 0 Å². The maximum atomic E-state index is 13.2. The van der Waals surface area contributed by atoms with Gasteiger partial charge in [-0.25, -0.2) is 17.2 Å². The third-order valence-electron chi connectivity index (χ3n) is 5.26. The third kappa shape index (κ3) is 5.19. The van der Waals surface area contributed by atoms with Gasteiger partial charge in [-0.15, -0.1) is 0 Å². The van der Waals surface area contributed by atoms with E-state index in [0.717, 1.165) is 50.3 Å². The lowest BCUT2D eigenvalue weighted by molar-refractivity contribution is 0.0950. The van der Waals surface area contributed by atoms with Crippen LogP contribution in [0.15, 0.2) is 47.4 Å². The highest BCUT2D eigenvalue weighted by molar-refractivity contribution is 7.89. The molecule has 1 amide bonds. The highest BCUT2D eigenvalue weighted by Crippen LogP contribution is 2.26. The fraction of sp³-hybridized carbons (Fsp3) is 0.381. The Labute approximate surface area is 169 Å². The minimum Gasteiger partial charge on any atom is -0.348 e. The maximum absolute atomic E-state index is 13.2. The lowest BCUT2D eigenvalue weighted by Gasteiger charge is -2.30. The van der Waals surface area contributed by atoms with Gasteiger partial charge in [0.25, 0.3) is 5.91 Å². The lowest BCUT2D eigenvalue weighted by atomic mass is 9.96. The van der Waals surface area contributed by atoms with Crippen molar-refractivity contribution in [2.24, 2.45) is 0 Å². The summed E-state index contributed by atoms with van der Waals surface area (Å²) in [5.41, 5.74) is 0.560. The van der Waals surface area contributed by atoms with Crippen LogP contribution in [0, 0.1) is 11.6 Å². The quantitative estimate of drug-likeness (QED) is 0.769. The van der Waals surface area contributed by atoms with Crippen LogP contribution in [-0.4, -0.2) is 31.7 Å². The number of rotatable bonds is 6. The second-order valence-corrected chi connectivity index (χ2v) is 9.30. The number of carbonyl (C=O) groups excluding carboxylic acids is 1. The molecule has 0 aliphatic heterocycles. The van der Waals surface area contributed by atoms with E-state index < -0.39 is 27.6 Å². The van der Waals surface area contributed by atoms with Crippen LogP contribution in [0.25, 0.3) is 0 Å². The molecule has 0 heterocycles. The second kappa shape index (κ2) is 9.00. The molecule has 1 aliphatic carbocycles. The number of benzene rings is 2. The summed E-state index contributed by atoms with van der Waals surface area (Å²) in [6.07, 6.45) is 4.90. The van der Waals surface area contributed by atoms with Gasteiger partial charge < -0.3 is 5.32 Å². The molecule has 0 radical (unpaired) electrons. The molecule has 1 fully saturated rings. The van der Waals surface area contributed by atoms with Crippen LogP contribution in [-0.2, 0) is 16.6 Å². The van der Waals surface area contributed by atoms with Gasteiger partial charge in [-0.05, 0) is 54.8 Å². The van der Waals surface area contributed by atoms with E-state index >= 15 is 0 Å². The third-order valence-corrected chi connectivity index (χ3v) is 7.18. The highest BCUT2D eigenvalue weighted by atomic mass is 32.2. The molecule has 5 nitrogen and oxygen atoms in total. The molecule has 0 spiro atoms. The van der Waals surface area contributed by atoms with E-state index in [4.69, 9.17) is 0 Å². The normalized spacial score (nSPS) is 15.4. The molecule has 0 aromatic heterocycles. The summed E-state index contributed by atoms with van der Waals surface area (Å²) >= 11 is 0. The number of halogens is 2. The Balaban J connectivity index is 1.66. The minimum absolute atomic E-state index is 0.00314. The number of nitrogens with one attached hydrogen (secondary N) is 1. The van der Waals surface area contributed by atoms with E-state index in [2.05, 4.69) is 5.32 Å². The van der Waals surface area contributed by atoms with Crippen LogP contribution in [0.1, 0.15) is 48.0 Å². The minimum atomic E-state index is -3.63. The molecule has 0 atom stereocenters. The molecule has 1 saturated carbocycles. The smallest absolute Gasteiger partial charge is 0.251 e. The van der Waals surface area contributed by atoms with Gasteiger partial charge in [0.15, 0.2) is 0 Å². The second-order valence-electron chi connectivity index (χ2n) is 7.30. The maximum Gasteiger partial charge on any atom is 0.251 e. The average Bonchev–Trinajstić information content (AvgIpc) is 2.71. The number of carbonyl (C=O) groups is 1. The Bertz CT molecular complexity index is 952. The molecule has 2 aromatic rings. The van der Waals surface area contributed by atoms with Crippen LogP contribution in [0.2, 0.25) is 0 Å². The van der Waals surface area contributed by atoms with E-state index in [9.17, 15) is 22.0 Å². The number of hydrogen-bond acceptors (Lipinski definition) is 3. The highest BCUT2D eigenvalue weighted by Gasteiger charge is 2.29. The van der Waals surface area contributed by atoms with Crippen LogP contribution < -0.4 is 5.32 Å². The summed E-state index contributed by atoms with van der Waals surface area (Å²) in [4.78, 5) is 12.4. The van der Waals surface area contributed by atoms with E-state index in [-0.39, 0.29) is 23.0 Å². The predicted molar refractivity (Wildman–Crippen MR) is 106 cm³/mol. The van der Waals surface area contributed by atoms with Crippen molar-refractivity contribution in [3.05, 3.63) is 65.2 Å². The van der Waals surface area contributed by atoms with Crippen LogP contribution in [0.3, 0.4) is 0 Å². The Morgan fingerprint density at radius 1 is 1.03 bits per heavy atom. The van der Waals surface area contributed by atoms with Crippen molar-refractivity contribution in [1.29, 1.82) is 0 Å². The summed E-state index contributed by atoms with van der Waals surface area (Å²) in [7, 11) is -2.03. The molecular weight excluding hydrogens is 398 g/mol. The van der Waals surface area contributed by atoms with Crippen molar-refractivity contribution < 1.29 is 22.0 Å². The molecule has 0 unspecified atom stereocenters. The van der Waals surface area contributed by atoms with E-state index in [0.29, 0.717) is 5.56 Å². The fourth-order valence-corrected chi connectivity index (χ4v) is 5.00. The van der Waals surface area contributed by atoms with Crippen molar-refractivity contribution >= 4 is 15.9 Å². The predicted octanol–water partition coefficient (Wildman–Crippen LogP) is 3.85. The number of nitrogens with zero attached hydrogens (tertiary/aromatic N) is 1. The number of amides is 1. The first-order chi connectivity index (χ1) is 13.8. The Kier molecular flexibility index (Phi) is 6.64. The molecule has 156 valence electrons. The first-order valence-corrected chi connectivity index (χ1v) is 11.0. The summed E-state index contributed by atoms with van der Waals surface area (Å²) in [5.74, 6) is -1.89. The van der Waals surface area contributed by atoms with Crippen molar-refractivity contribution in [2.75, 3.05) is 7.05 Å². The molecule has 0 bridgehead atoms. The largest absolute Gasteiger partial charge is 0.348 e. The molecule has 2 aromatic carbocycles. The molecule has 1 N–H and O–H groups in total. The number of sulfonamides is 1. The van der Waals surface area contributed by atoms with Gasteiger partial charge in [0.1, 0.15) is 11.6 Å². The zero-order chi connectivity index (χ0) is 21.0. The lowest BCUT2D eigenvalue weighted by Crippen LogP contribution is -2.38. The van der Waals surface area contributed by atoms with Gasteiger partial charge in [-0.1, -0.05) is 19.3 Å². The van der Waals surface area contributed by atoms with Gasteiger partial charge in [-0.2, -0.15) is 4.31 Å². The van der Waals surface area contributed by atoms with Crippen molar-refractivity contribution in [2.45, 2.75) is 49.6 Å². The first kappa shape index (κ1) is 21.4. The standard InChI is InChI=1S/C21H24F2N2O3S/c1-25(19-5-3-2-4-6-19)29(27,28)20-9-7-16(8-10-20)21(26)24-14-15-11-17(22)13-18(23)12-15/h7-13,19H,2-6,14H2,1H3,(H,24,26). The Hall–Kier alpha value is -2.32. The van der Waals surface area contributed by atoms with Gasteiger partial charge in [-0.3, -0.25) is 4.79 Å². The van der Waals surface area contributed by atoms with Crippen LogP contribution in [0.4, 0.5) is 8.78 Å². The molecule has 0 saturated heterocycles. The fourth-order valence-electron chi connectivity index (χ4n) is 3.58. The SMILES string of the molecule is CN(C1CCCCC1)S(=O)(=O)c1ccc(C(=O)NCc2cc(F)cc(F)c2)cc1. The van der Waals surface area contributed by atoms with Gasteiger partial charge in [0.05, 0.1) is 4.90 Å². The van der Waals surface area contributed by atoms with Crippen molar-refractivity contribution in [1.82, 2.24) is 9.62 Å². The average molecular weight is 422 g/mol. The molecule has 1 aliphatic rings. The summed E-state index contributed by atoms with van der Waals surface area (Å²) < 4.78 is 53.5. The molecule has 8 heteroatoms. The van der Waals surface area contributed by atoms with Crippen molar-refractivity contribution in [3.8, 4) is 0 Å². The Morgan fingerprint density at radius 2 is 1.62 bits per heavy atom. The monoisotopic (exact) mass is 422 g/mol.